The summed E-state index contributed by atoms with van der Waals surface area (Å²) in [6.07, 6.45) is -2.31. The zero-order valence-corrected chi connectivity index (χ0v) is 20.5. The van der Waals surface area contributed by atoms with Gasteiger partial charge in [-0.3, -0.25) is 9.36 Å². The molecule has 0 aliphatic heterocycles. The molecule has 3 rings (SSSR count). The number of carbonyl (C=O) groups excluding carboxylic acids is 1. The number of hydrogen-bond donors (Lipinski definition) is 1. The van der Waals surface area contributed by atoms with Gasteiger partial charge in [0.2, 0.25) is 0 Å². The minimum absolute atomic E-state index is 0.0198. The van der Waals surface area contributed by atoms with Crippen LogP contribution in [0.4, 0.5) is 13.2 Å². The molecule has 0 radical (unpaired) electrons. The lowest BCUT2D eigenvalue weighted by atomic mass is 9.95. The van der Waals surface area contributed by atoms with E-state index in [1.54, 1.807) is 18.2 Å². The summed E-state index contributed by atoms with van der Waals surface area (Å²) in [6.45, 7) is 6.21. The molecule has 1 N–H and O–H groups in total. The Hall–Kier alpha value is -3.01. The first-order valence-corrected chi connectivity index (χ1v) is 11.3. The van der Waals surface area contributed by atoms with Crippen molar-refractivity contribution in [3.05, 3.63) is 88.5 Å². The Morgan fingerprint density at radius 1 is 1.17 bits per heavy atom. The van der Waals surface area contributed by atoms with Gasteiger partial charge in [0.1, 0.15) is 0 Å². The second-order valence-electron chi connectivity index (χ2n) is 8.42. The zero-order chi connectivity index (χ0) is 25.8. The van der Waals surface area contributed by atoms with Crippen molar-refractivity contribution >= 4 is 17.4 Å². The summed E-state index contributed by atoms with van der Waals surface area (Å²) in [5, 5.41) is 11.8. The van der Waals surface area contributed by atoms with E-state index in [0.717, 1.165) is 6.07 Å². The van der Waals surface area contributed by atoms with Crippen LogP contribution in [-0.2, 0) is 19.3 Å². The lowest BCUT2D eigenvalue weighted by Gasteiger charge is -2.20. The van der Waals surface area contributed by atoms with Crippen LogP contribution in [-0.4, -0.2) is 45.6 Å². The van der Waals surface area contributed by atoms with Crippen LogP contribution in [0.2, 0.25) is 5.02 Å². The third-order valence-corrected chi connectivity index (χ3v) is 5.65. The Bertz CT molecular complexity index is 1210. The number of alkyl halides is 3. The largest absolute Gasteiger partial charge is 0.417 e. The van der Waals surface area contributed by atoms with Crippen molar-refractivity contribution in [2.45, 2.75) is 38.7 Å². The number of carbonyl (C=O) groups is 1. The molecule has 0 fully saturated rings. The third-order valence-electron chi connectivity index (χ3n) is 5.32. The van der Waals surface area contributed by atoms with Crippen LogP contribution in [0.15, 0.2) is 55.1 Å². The molecule has 0 aliphatic carbocycles. The first-order chi connectivity index (χ1) is 16.5. The molecule has 0 saturated carbocycles. The van der Waals surface area contributed by atoms with Crippen molar-refractivity contribution < 1.29 is 18.0 Å². The molecular weight excluding hydrogens is 479 g/mol. The van der Waals surface area contributed by atoms with Crippen molar-refractivity contribution in [2.24, 2.45) is 0 Å². The average Bonchev–Trinajstić information content (AvgIpc) is 3.18. The van der Waals surface area contributed by atoms with Crippen LogP contribution in [0.5, 0.6) is 0 Å². The minimum Gasteiger partial charge on any atom is -0.307 e. The highest BCUT2D eigenvalue weighted by molar-refractivity contribution is 6.35. The Morgan fingerprint density at radius 3 is 2.49 bits per heavy atom. The number of halogens is 4. The van der Waals surface area contributed by atoms with Gasteiger partial charge in [0.05, 0.1) is 34.9 Å². The minimum atomic E-state index is -4.77. The van der Waals surface area contributed by atoms with Crippen LogP contribution < -0.4 is 5.32 Å². The molecule has 186 valence electrons. The van der Waals surface area contributed by atoms with Gasteiger partial charge >= 0.3 is 6.18 Å². The number of rotatable bonds is 10. The fourth-order valence-electron chi connectivity index (χ4n) is 3.71. The Labute approximate surface area is 207 Å². The van der Waals surface area contributed by atoms with E-state index in [0.29, 0.717) is 24.6 Å². The molecule has 10 heteroatoms. The maximum absolute atomic E-state index is 14.1. The second kappa shape index (κ2) is 11.2. The molecular formula is C25H27ClF3N5O. The van der Waals surface area contributed by atoms with E-state index in [9.17, 15) is 18.0 Å². The summed E-state index contributed by atoms with van der Waals surface area (Å²) in [6, 6.07) is 9.75. The summed E-state index contributed by atoms with van der Waals surface area (Å²) in [5.41, 5.74) is -1.54. The highest BCUT2D eigenvalue weighted by atomic mass is 35.5. The lowest BCUT2D eigenvalue weighted by molar-refractivity contribution is -0.137. The molecule has 0 amide bonds. The van der Waals surface area contributed by atoms with E-state index >= 15 is 0 Å². The smallest absolute Gasteiger partial charge is 0.307 e. The quantitative estimate of drug-likeness (QED) is 0.300. The van der Waals surface area contributed by atoms with Gasteiger partial charge in [0.15, 0.2) is 17.4 Å². The average molecular weight is 506 g/mol. The van der Waals surface area contributed by atoms with E-state index in [4.69, 9.17) is 11.6 Å². The first kappa shape index (κ1) is 26.6. The van der Waals surface area contributed by atoms with Gasteiger partial charge in [-0.05, 0) is 51.7 Å². The summed E-state index contributed by atoms with van der Waals surface area (Å²) in [5.74, 6) is -0.0528. The fourth-order valence-corrected chi connectivity index (χ4v) is 3.93. The topological polar surface area (TPSA) is 63.1 Å². The SMILES string of the molecule is C=CCC(C)NCc1nnc(CN(C)C)n1-c1cccc(C(F)(F)F)c1C(=O)c1ccccc1Cl. The molecule has 2 aromatic carbocycles. The van der Waals surface area contributed by atoms with Gasteiger partial charge in [-0.25, -0.2) is 0 Å². The molecule has 0 aliphatic rings. The Kier molecular flexibility index (Phi) is 8.47. The number of hydrogen-bond acceptors (Lipinski definition) is 5. The van der Waals surface area contributed by atoms with Crippen LogP contribution in [0.1, 0.15) is 46.5 Å². The highest BCUT2D eigenvalue weighted by Crippen LogP contribution is 2.37. The Morgan fingerprint density at radius 2 is 1.86 bits per heavy atom. The molecule has 35 heavy (non-hydrogen) atoms. The van der Waals surface area contributed by atoms with Crippen molar-refractivity contribution in [2.75, 3.05) is 14.1 Å². The number of aromatic nitrogens is 3. The van der Waals surface area contributed by atoms with Crippen LogP contribution >= 0.6 is 11.6 Å². The first-order valence-electron chi connectivity index (χ1n) is 11.0. The predicted molar refractivity (Wildman–Crippen MR) is 130 cm³/mol. The Balaban J connectivity index is 2.25. The zero-order valence-electron chi connectivity index (χ0n) is 19.7. The maximum atomic E-state index is 14.1. The van der Waals surface area contributed by atoms with Crippen molar-refractivity contribution in [3.8, 4) is 5.69 Å². The number of benzene rings is 2. The summed E-state index contributed by atoms with van der Waals surface area (Å²) >= 11 is 6.20. The van der Waals surface area contributed by atoms with E-state index in [-0.39, 0.29) is 28.9 Å². The fraction of sp³-hybridized carbons (Fsp3) is 0.320. The molecule has 1 unspecified atom stereocenters. The third kappa shape index (κ3) is 6.17. The molecule has 3 aromatic rings. The number of nitrogens with zero attached hydrogens (tertiary/aromatic N) is 4. The maximum Gasteiger partial charge on any atom is 0.417 e. The summed E-state index contributed by atoms with van der Waals surface area (Å²) in [4.78, 5) is 15.4. The van der Waals surface area contributed by atoms with Crippen LogP contribution in [0.25, 0.3) is 5.69 Å². The molecule has 0 spiro atoms. The molecule has 0 bridgehead atoms. The molecule has 1 aromatic heterocycles. The van der Waals surface area contributed by atoms with E-state index < -0.39 is 23.1 Å². The van der Waals surface area contributed by atoms with Crippen LogP contribution in [0, 0.1) is 0 Å². The number of nitrogens with one attached hydrogen (secondary N) is 1. The van der Waals surface area contributed by atoms with E-state index in [1.807, 2.05) is 25.9 Å². The normalized spacial score (nSPS) is 12.7. The van der Waals surface area contributed by atoms with Crippen molar-refractivity contribution in [3.63, 3.8) is 0 Å². The summed E-state index contributed by atoms with van der Waals surface area (Å²) < 4.78 is 43.9. The van der Waals surface area contributed by atoms with Gasteiger partial charge in [-0.2, -0.15) is 13.2 Å². The lowest BCUT2D eigenvalue weighted by Crippen LogP contribution is -2.27. The summed E-state index contributed by atoms with van der Waals surface area (Å²) in [7, 11) is 3.62. The standard InChI is InChI=1S/C25H27ClF3N5O/c1-5-9-16(2)30-14-21-31-32-22(15-33(3)4)34(21)20-13-8-11-18(25(27,28)29)23(20)24(35)17-10-6-7-12-19(17)26/h5-8,10-13,16,30H,1,9,14-15H2,2-4H3. The second-order valence-corrected chi connectivity index (χ2v) is 8.83. The van der Waals surface area contributed by atoms with E-state index in [1.165, 1.54) is 28.8 Å². The molecule has 0 saturated heterocycles. The highest BCUT2D eigenvalue weighted by Gasteiger charge is 2.38. The van der Waals surface area contributed by atoms with Gasteiger partial charge in [0.25, 0.3) is 0 Å². The van der Waals surface area contributed by atoms with Crippen molar-refractivity contribution in [1.82, 2.24) is 25.0 Å². The van der Waals surface area contributed by atoms with Crippen molar-refractivity contribution in [1.29, 1.82) is 0 Å². The van der Waals surface area contributed by atoms with Gasteiger partial charge in [-0.15, -0.1) is 16.8 Å². The van der Waals surface area contributed by atoms with Gasteiger partial charge in [-0.1, -0.05) is 35.9 Å². The predicted octanol–water partition coefficient (Wildman–Crippen LogP) is 5.29. The van der Waals surface area contributed by atoms with Gasteiger partial charge < -0.3 is 10.2 Å². The van der Waals surface area contributed by atoms with Gasteiger partial charge in [0, 0.05) is 11.6 Å². The molecule has 6 nitrogen and oxygen atoms in total. The monoisotopic (exact) mass is 505 g/mol. The van der Waals surface area contributed by atoms with E-state index in [2.05, 4.69) is 22.1 Å². The molecule has 1 heterocycles. The number of ketones is 1. The van der Waals surface area contributed by atoms with Crippen LogP contribution in [0.3, 0.4) is 0 Å². The molecule has 1 atom stereocenters.